The average molecular weight is 767 g/mol. The number of aldehydes is 1. The van der Waals surface area contributed by atoms with Gasteiger partial charge in [-0.2, -0.15) is 8.78 Å². The highest BCUT2D eigenvalue weighted by atomic mass is 35.5. The number of amides is 1. The van der Waals surface area contributed by atoms with Crippen LogP contribution < -0.4 is 20.7 Å². The Hall–Kier alpha value is -4.27. The fourth-order valence-corrected chi connectivity index (χ4v) is 8.28. The topological polar surface area (TPSA) is 121 Å². The van der Waals surface area contributed by atoms with Gasteiger partial charge in [0.05, 0.1) is 32.7 Å². The van der Waals surface area contributed by atoms with Gasteiger partial charge in [-0.15, -0.1) is 11.3 Å². The largest absolute Gasteiger partial charge is 0.417 e. The number of alkyl halides is 2. The highest BCUT2D eigenvalue weighted by Crippen LogP contribution is 2.43. The number of aryl methyl sites for hydroxylation is 1. The van der Waals surface area contributed by atoms with Gasteiger partial charge in [-0.25, -0.2) is 15.0 Å². The molecule has 270 valence electrons. The fraction of sp³-hybridized carbons (Fsp3) is 0.324. The molecule has 2 aliphatic heterocycles. The quantitative estimate of drug-likeness (QED) is 0.103. The molecular formula is C37H35Cl2F2N7O3S. The summed E-state index contributed by atoms with van der Waals surface area (Å²) < 4.78 is 33.0. The minimum absolute atomic E-state index is 0.00273. The first-order chi connectivity index (χ1) is 25.2. The zero-order valence-electron chi connectivity index (χ0n) is 28.1. The van der Waals surface area contributed by atoms with Crippen LogP contribution in [0.25, 0.3) is 32.6 Å². The molecule has 2 fully saturated rings. The van der Waals surface area contributed by atoms with Crippen LogP contribution in [0.5, 0.6) is 5.88 Å². The van der Waals surface area contributed by atoms with E-state index in [-0.39, 0.29) is 30.3 Å². The van der Waals surface area contributed by atoms with E-state index >= 15 is 0 Å². The maximum Gasteiger partial charge on any atom is 0.388 e. The number of pyridine rings is 2. The molecule has 0 aliphatic carbocycles. The third kappa shape index (κ3) is 7.88. The van der Waals surface area contributed by atoms with Crippen molar-refractivity contribution >= 4 is 68.5 Å². The summed E-state index contributed by atoms with van der Waals surface area (Å²) in [7, 11) is 0. The Bertz CT molecular complexity index is 2140. The van der Waals surface area contributed by atoms with Crippen LogP contribution >= 0.6 is 34.5 Å². The summed E-state index contributed by atoms with van der Waals surface area (Å²) in [6, 6.07) is 14.6. The van der Waals surface area contributed by atoms with Crippen LogP contribution in [0, 0.1) is 12.8 Å². The summed E-state index contributed by atoms with van der Waals surface area (Å²) in [5, 5.41) is 11.2. The number of aromatic nitrogens is 3. The third-order valence-corrected chi connectivity index (χ3v) is 11.1. The summed E-state index contributed by atoms with van der Waals surface area (Å²) in [5.41, 5.74) is 4.64. The highest BCUT2D eigenvalue weighted by molar-refractivity contribution is 7.18. The lowest BCUT2D eigenvalue weighted by molar-refractivity contribution is -0.119. The number of carbonyl (C=O) groups excluding carboxylic acids is 2. The second kappa shape index (κ2) is 15.8. The molecular weight excluding hydrogens is 731 g/mol. The van der Waals surface area contributed by atoms with Gasteiger partial charge in [0.1, 0.15) is 16.8 Å². The van der Waals surface area contributed by atoms with E-state index in [4.69, 9.17) is 32.9 Å². The van der Waals surface area contributed by atoms with E-state index in [9.17, 15) is 18.4 Å². The highest BCUT2D eigenvalue weighted by Gasteiger charge is 2.25. The first-order valence-electron chi connectivity index (χ1n) is 16.9. The van der Waals surface area contributed by atoms with E-state index in [1.54, 1.807) is 42.7 Å². The van der Waals surface area contributed by atoms with Crippen molar-refractivity contribution in [2.45, 2.75) is 51.9 Å². The molecule has 2 aromatic carbocycles. The molecule has 0 saturated carbocycles. The number of hydrogen-bond donors (Lipinski definition) is 3. The fourth-order valence-electron chi connectivity index (χ4n) is 6.68. The van der Waals surface area contributed by atoms with Gasteiger partial charge in [0.25, 0.3) is 0 Å². The molecule has 52 heavy (non-hydrogen) atoms. The molecule has 0 radical (unpaired) electrons. The number of fused-ring (bicyclic) bond motifs is 1. The van der Waals surface area contributed by atoms with Crippen molar-refractivity contribution in [1.82, 2.24) is 30.5 Å². The maximum absolute atomic E-state index is 13.6. The average Bonchev–Trinajstić information content (AvgIpc) is 3.87. The second-order valence-corrected chi connectivity index (χ2v) is 14.8. The molecule has 0 bridgehead atoms. The zero-order valence-corrected chi connectivity index (χ0v) is 30.4. The van der Waals surface area contributed by atoms with Crippen LogP contribution in [-0.4, -0.2) is 64.3 Å². The maximum atomic E-state index is 13.6. The molecule has 3 N–H and O–H groups in total. The number of benzene rings is 2. The predicted molar refractivity (Wildman–Crippen MR) is 200 cm³/mol. The van der Waals surface area contributed by atoms with Crippen molar-refractivity contribution in [2.75, 3.05) is 25.0 Å². The standard InChI is InChI=1S/C37H35Cl2F2N7O3S/c1-20-14-28(46-36(51-37(40)41)26(20)16-42-15-22-8-9-30(50)44-22)25-6-2-4-23(32(25)38)24-5-3-7-27(33(24)39)45-35-34-29(10-12-43-35)52-31(47-34)18-48-13-11-21(17-48)19-49/h2-7,10,12,14,19,21-22,37,42H,8-9,11,13,15-18H2,1H3,(H,43,45)(H,44,50)/t21-,22+/m1/s1. The number of likely N-dealkylation sites (tertiary alicyclic amines) is 1. The summed E-state index contributed by atoms with van der Waals surface area (Å²) in [6.07, 6.45) is 4.80. The number of nitrogens with zero attached hydrogens (tertiary/aromatic N) is 4. The van der Waals surface area contributed by atoms with Crippen LogP contribution in [-0.2, 0) is 22.7 Å². The number of hydrogen-bond acceptors (Lipinski definition) is 10. The van der Waals surface area contributed by atoms with E-state index in [0.29, 0.717) is 81.0 Å². The van der Waals surface area contributed by atoms with Gasteiger partial charge in [0, 0.05) is 66.5 Å². The minimum Gasteiger partial charge on any atom is -0.417 e. The van der Waals surface area contributed by atoms with Gasteiger partial charge in [-0.05, 0) is 50.1 Å². The summed E-state index contributed by atoms with van der Waals surface area (Å²) in [6.45, 7) is 1.70. The third-order valence-electron chi connectivity index (χ3n) is 9.32. The summed E-state index contributed by atoms with van der Waals surface area (Å²) in [5.74, 6) is 0.431. The van der Waals surface area contributed by atoms with Crippen molar-refractivity contribution < 1.29 is 23.1 Å². The minimum atomic E-state index is -3.08. The Morgan fingerprint density at radius 1 is 1.10 bits per heavy atom. The molecule has 1 amide bonds. The van der Waals surface area contributed by atoms with Crippen molar-refractivity contribution in [3.63, 3.8) is 0 Å². The first-order valence-corrected chi connectivity index (χ1v) is 18.5. The molecule has 3 aromatic heterocycles. The number of anilines is 2. The number of carbonyl (C=O) groups is 2. The molecule has 2 aliphatic rings. The van der Waals surface area contributed by atoms with Gasteiger partial charge in [-0.1, -0.05) is 53.5 Å². The second-order valence-electron chi connectivity index (χ2n) is 12.9. The van der Waals surface area contributed by atoms with Crippen LogP contribution in [0.3, 0.4) is 0 Å². The van der Waals surface area contributed by atoms with Crippen LogP contribution in [0.1, 0.15) is 35.4 Å². The monoisotopic (exact) mass is 765 g/mol. The van der Waals surface area contributed by atoms with Gasteiger partial charge in [-0.3, -0.25) is 9.69 Å². The molecule has 7 rings (SSSR count). The number of rotatable bonds is 13. The first kappa shape index (κ1) is 36.1. The Morgan fingerprint density at radius 3 is 2.63 bits per heavy atom. The molecule has 0 unspecified atom stereocenters. The Kier molecular flexibility index (Phi) is 10.9. The molecule has 5 heterocycles. The number of thiazole rings is 1. The number of halogens is 4. The van der Waals surface area contributed by atoms with E-state index in [1.807, 2.05) is 30.3 Å². The molecule has 2 atom stereocenters. The Labute approximate surface area is 312 Å². The lowest BCUT2D eigenvalue weighted by Gasteiger charge is -2.18. The zero-order chi connectivity index (χ0) is 36.4. The van der Waals surface area contributed by atoms with Crippen LogP contribution in [0.4, 0.5) is 20.3 Å². The Balaban J connectivity index is 1.14. The van der Waals surface area contributed by atoms with Gasteiger partial charge >= 0.3 is 6.61 Å². The van der Waals surface area contributed by atoms with Gasteiger partial charge in [0.2, 0.25) is 11.8 Å². The van der Waals surface area contributed by atoms with E-state index in [1.165, 1.54) is 0 Å². The van der Waals surface area contributed by atoms with E-state index in [0.717, 1.165) is 41.0 Å². The Morgan fingerprint density at radius 2 is 1.88 bits per heavy atom. The molecule has 0 spiro atoms. The number of ether oxygens (including phenoxy) is 1. The van der Waals surface area contributed by atoms with Crippen molar-refractivity contribution in [3.8, 4) is 28.3 Å². The normalized spacial score (nSPS) is 17.6. The molecule has 2 saturated heterocycles. The number of nitrogens with one attached hydrogen (secondary N) is 3. The lowest BCUT2D eigenvalue weighted by Crippen LogP contribution is -2.35. The van der Waals surface area contributed by atoms with Crippen LogP contribution in [0.2, 0.25) is 10.0 Å². The predicted octanol–water partition coefficient (Wildman–Crippen LogP) is 7.77. The summed E-state index contributed by atoms with van der Waals surface area (Å²) >= 11 is 15.7. The van der Waals surface area contributed by atoms with E-state index < -0.39 is 6.61 Å². The van der Waals surface area contributed by atoms with Gasteiger partial charge < -0.3 is 25.5 Å². The lowest BCUT2D eigenvalue weighted by atomic mass is 9.99. The van der Waals surface area contributed by atoms with Crippen molar-refractivity contribution in [1.29, 1.82) is 0 Å². The molecule has 15 heteroatoms. The van der Waals surface area contributed by atoms with Crippen LogP contribution in [0.15, 0.2) is 54.7 Å². The smallest absolute Gasteiger partial charge is 0.388 e. The van der Waals surface area contributed by atoms with Crippen molar-refractivity contribution in [3.05, 3.63) is 80.9 Å². The van der Waals surface area contributed by atoms with Gasteiger partial charge in [0.15, 0.2) is 5.82 Å². The SMILES string of the molecule is Cc1cc(-c2cccc(-c3cccc(Nc4nccc5sc(CN6CC[C@@H](C=O)C6)nc45)c3Cl)c2Cl)nc(OC(F)F)c1CNC[C@@H]1CCC(=O)N1. The van der Waals surface area contributed by atoms with Crippen molar-refractivity contribution in [2.24, 2.45) is 5.92 Å². The van der Waals surface area contributed by atoms with E-state index in [2.05, 4.69) is 30.8 Å². The molecule has 10 nitrogen and oxygen atoms in total. The molecule has 5 aromatic rings. The summed E-state index contributed by atoms with van der Waals surface area (Å²) in [4.78, 5) is 39.0.